The molecule has 2 aromatic heterocycles. The first kappa shape index (κ1) is 16.6. The van der Waals surface area contributed by atoms with Gasteiger partial charge in [0.1, 0.15) is 11.5 Å². The van der Waals surface area contributed by atoms with Crippen LogP contribution in [0.4, 0.5) is 0 Å². The van der Waals surface area contributed by atoms with Crippen LogP contribution in [0.25, 0.3) is 0 Å². The fraction of sp³-hybridized carbons (Fsp3) is 0.500. The van der Waals surface area contributed by atoms with Gasteiger partial charge in [0.25, 0.3) is 0 Å². The number of Topliss-reactive ketones (excluding diaryl/α,β-unsaturated/α-hetero) is 1. The Kier molecular flexibility index (Phi) is 4.75. The quantitative estimate of drug-likeness (QED) is 0.803. The fourth-order valence-electron chi connectivity index (χ4n) is 4.33. The normalized spacial score (nSPS) is 25.8. The molecule has 2 saturated carbocycles. The van der Waals surface area contributed by atoms with E-state index in [0.717, 1.165) is 37.9 Å². The summed E-state index contributed by atoms with van der Waals surface area (Å²) in [6, 6.07) is 7.84. The molecule has 0 saturated heterocycles. The summed E-state index contributed by atoms with van der Waals surface area (Å²) in [6.45, 7) is 1.10. The summed E-state index contributed by atoms with van der Waals surface area (Å²) in [5.41, 5.74) is 0. The first-order chi connectivity index (χ1) is 12.2. The van der Waals surface area contributed by atoms with Crippen LogP contribution in [0, 0.1) is 17.8 Å². The number of furan rings is 1. The van der Waals surface area contributed by atoms with E-state index in [9.17, 15) is 9.59 Å². The summed E-state index contributed by atoms with van der Waals surface area (Å²) in [6.07, 6.45) is 6.16. The molecular formula is C20H23NO3S. The fourth-order valence-corrected chi connectivity index (χ4v) is 5.05. The van der Waals surface area contributed by atoms with E-state index in [1.54, 1.807) is 17.6 Å². The highest BCUT2D eigenvalue weighted by Gasteiger charge is 2.42. The van der Waals surface area contributed by atoms with Crippen LogP contribution in [0.5, 0.6) is 0 Å². The van der Waals surface area contributed by atoms with Gasteiger partial charge in [0.05, 0.1) is 19.4 Å². The number of carbonyl (C=O) groups is 2. The molecule has 1 amide bonds. The molecule has 5 heteroatoms. The number of amides is 1. The first-order valence-electron chi connectivity index (χ1n) is 9.08. The molecule has 2 fully saturated rings. The average molecular weight is 357 g/mol. The van der Waals surface area contributed by atoms with Crippen LogP contribution in [-0.2, 0) is 22.7 Å². The van der Waals surface area contributed by atoms with Gasteiger partial charge in [-0.2, -0.15) is 0 Å². The van der Waals surface area contributed by atoms with Gasteiger partial charge >= 0.3 is 0 Å². The van der Waals surface area contributed by atoms with E-state index in [1.807, 2.05) is 28.5 Å². The number of carbonyl (C=O) groups excluding carboxylic acids is 2. The first-order valence-corrected chi connectivity index (χ1v) is 9.96. The molecule has 4 nitrogen and oxygen atoms in total. The molecule has 4 rings (SSSR count). The van der Waals surface area contributed by atoms with Crippen molar-refractivity contribution in [2.45, 2.75) is 45.2 Å². The van der Waals surface area contributed by atoms with Gasteiger partial charge in [0.2, 0.25) is 5.91 Å². The second-order valence-corrected chi connectivity index (χ2v) is 8.28. The van der Waals surface area contributed by atoms with Crippen molar-refractivity contribution >= 4 is 23.0 Å². The van der Waals surface area contributed by atoms with E-state index in [-0.39, 0.29) is 23.7 Å². The Morgan fingerprint density at radius 2 is 1.96 bits per heavy atom. The smallest absolute Gasteiger partial charge is 0.226 e. The molecule has 0 spiro atoms. The van der Waals surface area contributed by atoms with Crippen LogP contribution in [-0.4, -0.2) is 16.6 Å². The predicted molar refractivity (Wildman–Crippen MR) is 95.8 cm³/mol. The minimum absolute atomic E-state index is 0.0251. The standard InChI is InChI=1S/C20H23NO3S/c22-19-14-4-1-5-15(19)11-16(10-14)20(23)21(12-17-6-2-8-24-17)13-18-7-3-9-25-18/h2-3,6-9,14-16H,1,4-5,10-13H2. The SMILES string of the molecule is O=C1C2CCCC1CC(C(=O)N(Cc1ccco1)Cc1cccs1)C2. The highest BCUT2D eigenvalue weighted by Crippen LogP contribution is 2.41. The second-order valence-electron chi connectivity index (χ2n) is 7.25. The maximum absolute atomic E-state index is 13.3. The molecule has 0 radical (unpaired) electrons. The van der Waals surface area contributed by atoms with Crippen LogP contribution < -0.4 is 0 Å². The van der Waals surface area contributed by atoms with Crippen LogP contribution in [0.3, 0.4) is 0 Å². The number of rotatable bonds is 5. The molecule has 2 aromatic rings. The zero-order valence-electron chi connectivity index (χ0n) is 14.2. The predicted octanol–water partition coefficient (Wildman–Crippen LogP) is 4.27. The summed E-state index contributed by atoms with van der Waals surface area (Å²) < 4.78 is 5.47. The van der Waals surface area contributed by atoms with Gasteiger partial charge in [-0.15, -0.1) is 11.3 Å². The van der Waals surface area contributed by atoms with Crippen molar-refractivity contribution in [1.82, 2.24) is 4.90 Å². The summed E-state index contributed by atoms with van der Waals surface area (Å²) in [4.78, 5) is 28.7. The van der Waals surface area contributed by atoms with Gasteiger partial charge in [-0.1, -0.05) is 12.5 Å². The largest absolute Gasteiger partial charge is 0.467 e. The maximum Gasteiger partial charge on any atom is 0.226 e. The highest BCUT2D eigenvalue weighted by atomic mass is 32.1. The lowest BCUT2D eigenvalue weighted by Crippen LogP contribution is -2.43. The molecule has 0 aromatic carbocycles. The molecule has 2 atom stereocenters. The van der Waals surface area contributed by atoms with Crippen LogP contribution in [0.1, 0.15) is 42.7 Å². The topological polar surface area (TPSA) is 50.5 Å². The lowest BCUT2D eigenvalue weighted by atomic mass is 9.67. The summed E-state index contributed by atoms with van der Waals surface area (Å²) in [5, 5.41) is 2.04. The lowest BCUT2D eigenvalue weighted by Gasteiger charge is -2.38. The Morgan fingerprint density at radius 1 is 1.16 bits per heavy atom. The maximum atomic E-state index is 13.3. The van der Waals surface area contributed by atoms with Crippen molar-refractivity contribution in [1.29, 1.82) is 0 Å². The van der Waals surface area contributed by atoms with E-state index in [4.69, 9.17) is 4.42 Å². The summed E-state index contributed by atoms with van der Waals surface area (Å²) >= 11 is 1.67. The van der Waals surface area contributed by atoms with Crippen molar-refractivity contribution in [2.75, 3.05) is 0 Å². The Bertz CT molecular complexity index is 670. The Balaban J connectivity index is 1.51. The van der Waals surface area contributed by atoms with E-state index >= 15 is 0 Å². The van der Waals surface area contributed by atoms with E-state index < -0.39 is 0 Å². The van der Waals surface area contributed by atoms with Gasteiger partial charge in [-0.3, -0.25) is 9.59 Å². The minimum atomic E-state index is -0.0251. The third kappa shape index (κ3) is 3.56. The molecule has 0 aliphatic heterocycles. The lowest BCUT2D eigenvalue weighted by molar-refractivity contribution is -0.144. The number of fused-ring (bicyclic) bond motifs is 2. The van der Waals surface area contributed by atoms with Gasteiger partial charge < -0.3 is 9.32 Å². The van der Waals surface area contributed by atoms with Crippen LogP contribution >= 0.6 is 11.3 Å². The number of nitrogens with zero attached hydrogens (tertiary/aromatic N) is 1. The van der Waals surface area contributed by atoms with Crippen molar-refractivity contribution in [3.05, 3.63) is 46.5 Å². The minimum Gasteiger partial charge on any atom is -0.467 e. The van der Waals surface area contributed by atoms with E-state index in [2.05, 4.69) is 6.07 Å². The summed E-state index contributed by atoms with van der Waals surface area (Å²) in [5.74, 6) is 1.57. The third-order valence-electron chi connectivity index (χ3n) is 5.56. The zero-order chi connectivity index (χ0) is 17.2. The molecule has 0 N–H and O–H groups in total. The van der Waals surface area contributed by atoms with Crippen molar-refractivity contribution in [2.24, 2.45) is 17.8 Å². The molecular weight excluding hydrogens is 334 g/mol. The molecule has 2 heterocycles. The molecule has 132 valence electrons. The van der Waals surface area contributed by atoms with Gasteiger partial charge in [0.15, 0.2) is 0 Å². The highest BCUT2D eigenvalue weighted by molar-refractivity contribution is 7.09. The molecule has 2 bridgehead atoms. The molecule has 25 heavy (non-hydrogen) atoms. The second kappa shape index (κ2) is 7.16. The number of thiophene rings is 1. The molecule has 2 aliphatic rings. The molecule has 2 unspecified atom stereocenters. The number of hydrogen-bond acceptors (Lipinski definition) is 4. The van der Waals surface area contributed by atoms with Crippen molar-refractivity contribution in [3.63, 3.8) is 0 Å². The van der Waals surface area contributed by atoms with Crippen LogP contribution in [0.15, 0.2) is 40.3 Å². The zero-order valence-corrected chi connectivity index (χ0v) is 15.0. The van der Waals surface area contributed by atoms with Gasteiger partial charge in [0, 0.05) is 22.6 Å². The van der Waals surface area contributed by atoms with Crippen molar-refractivity contribution in [3.8, 4) is 0 Å². The number of ketones is 1. The van der Waals surface area contributed by atoms with E-state index in [1.165, 1.54) is 4.88 Å². The van der Waals surface area contributed by atoms with E-state index in [0.29, 0.717) is 18.9 Å². The monoisotopic (exact) mass is 357 g/mol. The van der Waals surface area contributed by atoms with Gasteiger partial charge in [-0.25, -0.2) is 0 Å². The van der Waals surface area contributed by atoms with Gasteiger partial charge in [-0.05, 0) is 49.3 Å². The third-order valence-corrected chi connectivity index (χ3v) is 6.42. The summed E-state index contributed by atoms with van der Waals surface area (Å²) in [7, 11) is 0. The Morgan fingerprint density at radius 3 is 2.60 bits per heavy atom. The Labute approximate surface area is 151 Å². The van der Waals surface area contributed by atoms with Crippen LogP contribution in [0.2, 0.25) is 0 Å². The Hall–Kier alpha value is -1.88. The van der Waals surface area contributed by atoms with Crippen molar-refractivity contribution < 1.29 is 14.0 Å². The molecule has 2 aliphatic carbocycles. The number of hydrogen-bond donors (Lipinski definition) is 0. The average Bonchev–Trinajstić information content (AvgIpc) is 3.27.